The largest absolute Gasteiger partial charge is 0.494 e. The van der Waals surface area contributed by atoms with E-state index in [0.29, 0.717) is 25.2 Å². The first-order chi connectivity index (χ1) is 7.79. The van der Waals surface area contributed by atoms with Crippen molar-refractivity contribution in [1.82, 2.24) is 5.32 Å². The summed E-state index contributed by atoms with van der Waals surface area (Å²) < 4.78 is 5.45. The fraction of sp³-hybridized carbons (Fsp3) is 0.462. The fourth-order valence-electron chi connectivity index (χ4n) is 2.01. The number of benzene rings is 1. The van der Waals surface area contributed by atoms with Gasteiger partial charge >= 0.3 is 0 Å². The average Bonchev–Trinajstić information content (AvgIpc) is 2.30. The lowest BCUT2D eigenvalue weighted by atomic mass is 9.96. The zero-order chi connectivity index (χ0) is 11.4. The van der Waals surface area contributed by atoms with Gasteiger partial charge in [0.2, 0.25) is 0 Å². The SMILES string of the molecule is CCOc1cccc(C2CC(=O)CCN2)c1. The van der Waals surface area contributed by atoms with Gasteiger partial charge in [-0.1, -0.05) is 12.1 Å². The van der Waals surface area contributed by atoms with Crippen molar-refractivity contribution in [2.24, 2.45) is 0 Å². The van der Waals surface area contributed by atoms with E-state index >= 15 is 0 Å². The Bertz CT molecular complexity index is 376. The first-order valence-electron chi connectivity index (χ1n) is 5.77. The molecule has 1 aliphatic heterocycles. The number of ether oxygens (including phenoxy) is 1. The molecule has 1 aromatic rings. The second kappa shape index (κ2) is 5.12. The van der Waals surface area contributed by atoms with Gasteiger partial charge in [0.25, 0.3) is 0 Å². The minimum Gasteiger partial charge on any atom is -0.494 e. The molecular formula is C13H17NO2. The molecule has 0 saturated carbocycles. The highest BCUT2D eigenvalue weighted by Crippen LogP contribution is 2.24. The Morgan fingerprint density at radius 1 is 1.50 bits per heavy atom. The van der Waals surface area contributed by atoms with Crippen LogP contribution in [-0.4, -0.2) is 18.9 Å². The van der Waals surface area contributed by atoms with Gasteiger partial charge in [-0.3, -0.25) is 4.79 Å². The predicted octanol–water partition coefficient (Wildman–Crippen LogP) is 2.08. The second-order valence-corrected chi connectivity index (χ2v) is 4.01. The lowest BCUT2D eigenvalue weighted by molar-refractivity contribution is -0.120. The number of piperidine rings is 1. The Hall–Kier alpha value is -1.35. The Kier molecular flexibility index (Phi) is 3.57. The van der Waals surface area contributed by atoms with Crippen LogP contribution in [0, 0.1) is 0 Å². The normalized spacial score (nSPS) is 20.8. The first kappa shape index (κ1) is 11.1. The Morgan fingerprint density at radius 3 is 3.12 bits per heavy atom. The third-order valence-corrected chi connectivity index (χ3v) is 2.80. The summed E-state index contributed by atoms with van der Waals surface area (Å²) in [5.41, 5.74) is 1.14. The van der Waals surface area contributed by atoms with Crippen LogP contribution >= 0.6 is 0 Å². The molecule has 1 heterocycles. The molecule has 3 heteroatoms. The van der Waals surface area contributed by atoms with Crippen LogP contribution in [0.5, 0.6) is 5.75 Å². The summed E-state index contributed by atoms with van der Waals surface area (Å²) in [6.07, 6.45) is 1.25. The second-order valence-electron chi connectivity index (χ2n) is 4.01. The molecule has 1 fully saturated rings. The van der Waals surface area contributed by atoms with Crippen molar-refractivity contribution in [2.45, 2.75) is 25.8 Å². The van der Waals surface area contributed by atoms with Crippen LogP contribution in [0.25, 0.3) is 0 Å². The van der Waals surface area contributed by atoms with Crippen LogP contribution < -0.4 is 10.1 Å². The number of carbonyl (C=O) groups is 1. The molecule has 0 aromatic heterocycles. The number of nitrogens with one attached hydrogen (secondary N) is 1. The maximum atomic E-state index is 11.4. The Morgan fingerprint density at radius 2 is 2.38 bits per heavy atom. The topological polar surface area (TPSA) is 38.3 Å². The van der Waals surface area contributed by atoms with Crippen LogP contribution in [0.2, 0.25) is 0 Å². The number of rotatable bonds is 3. The van der Waals surface area contributed by atoms with Crippen molar-refractivity contribution >= 4 is 5.78 Å². The maximum absolute atomic E-state index is 11.4. The number of hydrogen-bond donors (Lipinski definition) is 1. The molecular weight excluding hydrogens is 202 g/mol. The van der Waals surface area contributed by atoms with E-state index < -0.39 is 0 Å². The highest BCUT2D eigenvalue weighted by atomic mass is 16.5. The smallest absolute Gasteiger partial charge is 0.136 e. The van der Waals surface area contributed by atoms with Crippen molar-refractivity contribution in [3.05, 3.63) is 29.8 Å². The molecule has 2 rings (SSSR count). The van der Waals surface area contributed by atoms with E-state index in [1.54, 1.807) is 0 Å². The average molecular weight is 219 g/mol. The number of carbonyl (C=O) groups excluding carboxylic acids is 1. The molecule has 0 bridgehead atoms. The van der Waals surface area contributed by atoms with Crippen molar-refractivity contribution in [1.29, 1.82) is 0 Å². The predicted molar refractivity (Wildman–Crippen MR) is 62.6 cm³/mol. The van der Waals surface area contributed by atoms with Gasteiger partial charge in [0.15, 0.2) is 0 Å². The van der Waals surface area contributed by atoms with Gasteiger partial charge in [-0.2, -0.15) is 0 Å². The van der Waals surface area contributed by atoms with Crippen molar-refractivity contribution in [3.8, 4) is 5.75 Å². The van der Waals surface area contributed by atoms with Gasteiger partial charge in [0.05, 0.1) is 6.61 Å². The molecule has 1 aliphatic rings. The Balaban J connectivity index is 2.12. The molecule has 1 unspecified atom stereocenters. The van der Waals surface area contributed by atoms with E-state index in [2.05, 4.69) is 5.32 Å². The van der Waals surface area contributed by atoms with Gasteiger partial charge in [-0.25, -0.2) is 0 Å². The lowest BCUT2D eigenvalue weighted by Crippen LogP contribution is -2.31. The molecule has 16 heavy (non-hydrogen) atoms. The van der Waals surface area contributed by atoms with Crippen LogP contribution in [0.3, 0.4) is 0 Å². The van der Waals surface area contributed by atoms with Gasteiger partial charge in [-0.05, 0) is 24.6 Å². The monoisotopic (exact) mass is 219 g/mol. The lowest BCUT2D eigenvalue weighted by Gasteiger charge is -2.23. The highest BCUT2D eigenvalue weighted by molar-refractivity contribution is 5.80. The maximum Gasteiger partial charge on any atom is 0.136 e. The molecule has 1 aromatic carbocycles. The minimum atomic E-state index is 0.154. The quantitative estimate of drug-likeness (QED) is 0.845. The number of ketones is 1. The molecule has 3 nitrogen and oxygen atoms in total. The van der Waals surface area contributed by atoms with E-state index in [1.807, 2.05) is 31.2 Å². The third kappa shape index (κ3) is 2.61. The Labute approximate surface area is 95.8 Å². The van der Waals surface area contributed by atoms with Gasteiger partial charge < -0.3 is 10.1 Å². The van der Waals surface area contributed by atoms with Gasteiger partial charge in [0.1, 0.15) is 11.5 Å². The van der Waals surface area contributed by atoms with Crippen LogP contribution in [0.15, 0.2) is 24.3 Å². The summed E-state index contributed by atoms with van der Waals surface area (Å²) in [6, 6.07) is 8.12. The molecule has 0 spiro atoms. The van der Waals surface area contributed by atoms with Crippen LogP contribution in [0.1, 0.15) is 31.4 Å². The summed E-state index contributed by atoms with van der Waals surface area (Å²) in [5.74, 6) is 1.21. The minimum absolute atomic E-state index is 0.154. The highest BCUT2D eigenvalue weighted by Gasteiger charge is 2.20. The first-order valence-corrected chi connectivity index (χ1v) is 5.77. The summed E-state index contributed by atoms with van der Waals surface area (Å²) in [7, 11) is 0. The number of Topliss-reactive ketones (excluding diaryl/α,β-unsaturated/α-hetero) is 1. The van der Waals surface area contributed by atoms with E-state index in [0.717, 1.165) is 17.9 Å². The molecule has 0 amide bonds. The van der Waals surface area contributed by atoms with E-state index in [-0.39, 0.29) is 6.04 Å². The van der Waals surface area contributed by atoms with Crippen LogP contribution in [-0.2, 0) is 4.79 Å². The van der Waals surface area contributed by atoms with E-state index in [4.69, 9.17) is 4.74 Å². The summed E-state index contributed by atoms with van der Waals surface area (Å²) in [6.45, 7) is 3.41. The van der Waals surface area contributed by atoms with Crippen molar-refractivity contribution in [2.75, 3.05) is 13.2 Å². The standard InChI is InChI=1S/C13H17NO2/c1-2-16-12-5-3-4-10(8-12)13-9-11(15)6-7-14-13/h3-5,8,13-14H,2,6-7,9H2,1H3. The van der Waals surface area contributed by atoms with Crippen LogP contribution in [0.4, 0.5) is 0 Å². The molecule has 1 N–H and O–H groups in total. The number of hydrogen-bond acceptors (Lipinski definition) is 3. The zero-order valence-electron chi connectivity index (χ0n) is 9.53. The molecule has 86 valence electrons. The summed E-state index contributed by atoms with van der Waals surface area (Å²) >= 11 is 0. The summed E-state index contributed by atoms with van der Waals surface area (Å²) in [5, 5.41) is 3.36. The molecule has 0 aliphatic carbocycles. The summed E-state index contributed by atoms with van der Waals surface area (Å²) in [4.78, 5) is 11.4. The van der Waals surface area contributed by atoms with Gasteiger partial charge in [0, 0.05) is 25.4 Å². The molecule has 1 saturated heterocycles. The molecule has 1 atom stereocenters. The van der Waals surface area contributed by atoms with Gasteiger partial charge in [-0.15, -0.1) is 0 Å². The zero-order valence-corrected chi connectivity index (χ0v) is 9.53. The molecule has 0 radical (unpaired) electrons. The van der Waals surface area contributed by atoms with E-state index in [9.17, 15) is 4.79 Å². The van der Waals surface area contributed by atoms with Crippen molar-refractivity contribution in [3.63, 3.8) is 0 Å². The fourth-order valence-corrected chi connectivity index (χ4v) is 2.01. The van der Waals surface area contributed by atoms with E-state index in [1.165, 1.54) is 0 Å². The third-order valence-electron chi connectivity index (χ3n) is 2.80. The van der Waals surface area contributed by atoms with Crippen molar-refractivity contribution < 1.29 is 9.53 Å².